The second kappa shape index (κ2) is 8.84. The van der Waals surface area contributed by atoms with E-state index in [0.29, 0.717) is 22.9 Å². The fourth-order valence-electron chi connectivity index (χ4n) is 3.21. The van der Waals surface area contributed by atoms with Crippen LogP contribution < -0.4 is 9.47 Å². The summed E-state index contributed by atoms with van der Waals surface area (Å²) < 4.78 is 34.8. The van der Waals surface area contributed by atoms with Crippen LogP contribution in [-0.4, -0.2) is 50.5 Å². The van der Waals surface area contributed by atoms with E-state index in [2.05, 4.69) is 0 Å². The molecule has 0 radical (unpaired) electrons. The van der Waals surface area contributed by atoms with Gasteiger partial charge in [0, 0.05) is 17.6 Å². The maximum absolute atomic E-state index is 13.0. The number of amides is 1. The zero-order chi connectivity index (χ0) is 20.1. The molecule has 1 heterocycles. The van der Waals surface area contributed by atoms with Crippen molar-refractivity contribution in [3.05, 3.63) is 59.1 Å². The Hall–Kier alpha value is -2.25. The molecular formula is C20H22ClNO5S. The normalized spacial score (nSPS) is 17.9. The van der Waals surface area contributed by atoms with Gasteiger partial charge in [0.2, 0.25) is 0 Å². The molecule has 28 heavy (non-hydrogen) atoms. The first-order valence-electron chi connectivity index (χ1n) is 8.89. The minimum Gasteiger partial charge on any atom is -0.493 e. The van der Waals surface area contributed by atoms with Gasteiger partial charge >= 0.3 is 0 Å². The summed E-state index contributed by atoms with van der Waals surface area (Å²) in [5.74, 6) is 0.717. The molecule has 1 atom stereocenters. The molecule has 2 aromatic rings. The molecule has 1 amide bonds. The number of carbonyl (C=O) groups excluding carboxylic acids is 1. The maximum Gasteiger partial charge on any atom is 0.261 e. The highest BCUT2D eigenvalue weighted by Gasteiger charge is 2.35. The van der Waals surface area contributed by atoms with Gasteiger partial charge in [-0.3, -0.25) is 4.79 Å². The number of para-hydroxylation sites is 2. The highest BCUT2D eigenvalue weighted by Crippen LogP contribution is 2.27. The van der Waals surface area contributed by atoms with Crippen LogP contribution in [0.5, 0.6) is 11.5 Å². The van der Waals surface area contributed by atoms with E-state index in [1.165, 1.54) is 7.11 Å². The van der Waals surface area contributed by atoms with Crippen LogP contribution in [0.25, 0.3) is 0 Å². The lowest BCUT2D eigenvalue weighted by Gasteiger charge is -2.29. The molecule has 0 saturated carbocycles. The first kappa shape index (κ1) is 20.5. The largest absolute Gasteiger partial charge is 0.493 e. The highest BCUT2D eigenvalue weighted by molar-refractivity contribution is 7.91. The Kier molecular flexibility index (Phi) is 6.46. The van der Waals surface area contributed by atoms with Crippen molar-refractivity contribution >= 4 is 27.3 Å². The highest BCUT2D eigenvalue weighted by atomic mass is 35.5. The van der Waals surface area contributed by atoms with E-state index >= 15 is 0 Å². The van der Waals surface area contributed by atoms with Gasteiger partial charge in [-0.15, -0.1) is 0 Å². The number of hydrogen-bond donors (Lipinski definition) is 0. The zero-order valence-corrected chi connectivity index (χ0v) is 17.1. The maximum atomic E-state index is 13.0. The topological polar surface area (TPSA) is 72.9 Å². The quantitative estimate of drug-likeness (QED) is 0.684. The standard InChI is InChI=1S/C20H22ClNO5S/c1-26-18-8-4-5-9-19(18)27-13-20(23)22(16-10-11-28(24,25)14-16)12-15-6-2-3-7-17(15)21/h2-9,16H,10-14H2,1H3. The van der Waals surface area contributed by atoms with Crippen LogP contribution in [0.2, 0.25) is 5.02 Å². The van der Waals surface area contributed by atoms with Gasteiger partial charge in [-0.1, -0.05) is 41.9 Å². The minimum absolute atomic E-state index is 0.0438. The van der Waals surface area contributed by atoms with Crippen molar-refractivity contribution in [1.29, 1.82) is 0 Å². The fraction of sp³-hybridized carbons (Fsp3) is 0.350. The van der Waals surface area contributed by atoms with Crippen molar-refractivity contribution < 1.29 is 22.7 Å². The summed E-state index contributed by atoms with van der Waals surface area (Å²) in [4.78, 5) is 14.5. The molecule has 0 spiro atoms. The Labute approximate surface area is 169 Å². The second-order valence-corrected chi connectivity index (χ2v) is 9.25. The molecule has 0 bridgehead atoms. The molecule has 0 aliphatic carbocycles. The summed E-state index contributed by atoms with van der Waals surface area (Å²) in [6.07, 6.45) is 0.410. The Balaban J connectivity index is 1.77. The SMILES string of the molecule is COc1ccccc1OCC(=O)N(Cc1ccccc1Cl)C1CCS(=O)(=O)C1. The van der Waals surface area contributed by atoms with Crippen molar-refractivity contribution in [3.8, 4) is 11.5 Å². The second-order valence-electron chi connectivity index (χ2n) is 6.61. The summed E-state index contributed by atoms with van der Waals surface area (Å²) in [6.45, 7) is 0.00928. The van der Waals surface area contributed by atoms with Gasteiger partial charge in [-0.2, -0.15) is 0 Å². The molecule has 1 saturated heterocycles. The number of methoxy groups -OCH3 is 1. The molecule has 1 aliphatic rings. The first-order chi connectivity index (χ1) is 13.4. The number of hydrogen-bond acceptors (Lipinski definition) is 5. The first-order valence-corrected chi connectivity index (χ1v) is 11.1. The summed E-state index contributed by atoms with van der Waals surface area (Å²) >= 11 is 6.24. The number of benzene rings is 2. The van der Waals surface area contributed by atoms with E-state index in [4.69, 9.17) is 21.1 Å². The molecule has 1 aliphatic heterocycles. The lowest BCUT2D eigenvalue weighted by molar-refractivity contribution is -0.136. The molecular weight excluding hydrogens is 402 g/mol. The Morgan fingerprint density at radius 1 is 1.14 bits per heavy atom. The molecule has 150 valence electrons. The number of halogens is 1. The van der Waals surface area contributed by atoms with E-state index in [1.807, 2.05) is 18.2 Å². The van der Waals surface area contributed by atoms with Crippen molar-refractivity contribution in [2.75, 3.05) is 25.2 Å². The van der Waals surface area contributed by atoms with Gasteiger partial charge in [0.25, 0.3) is 5.91 Å². The molecule has 8 heteroatoms. The number of sulfone groups is 1. The Bertz CT molecular complexity index is 947. The summed E-state index contributed by atoms with van der Waals surface area (Å²) in [7, 11) is -1.62. The predicted molar refractivity (Wildman–Crippen MR) is 108 cm³/mol. The number of nitrogens with zero attached hydrogens (tertiary/aromatic N) is 1. The van der Waals surface area contributed by atoms with Gasteiger partial charge in [0.05, 0.1) is 18.6 Å². The Morgan fingerprint density at radius 2 is 1.82 bits per heavy atom. The molecule has 0 N–H and O–H groups in total. The van der Waals surface area contributed by atoms with Crippen LogP contribution in [0.4, 0.5) is 0 Å². The van der Waals surface area contributed by atoms with E-state index in [0.717, 1.165) is 5.56 Å². The number of rotatable bonds is 7. The lowest BCUT2D eigenvalue weighted by Crippen LogP contribution is -2.43. The average molecular weight is 424 g/mol. The predicted octanol–water partition coefficient (Wildman–Crippen LogP) is 2.94. The molecule has 3 rings (SSSR count). The van der Waals surface area contributed by atoms with Gasteiger partial charge in [-0.05, 0) is 30.2 Å². The van der Waals surface area contributed by atoms with Gasteiger partial charge in [0.15, 0.2) is 27.9 Å². The van der Waals surface area contributed by atoms with Crippen molar-refractivity contribution in [1.82, 2.24) is 4.90 Å². The third kappa shape index (κ3) is 4.97. The molecule has 6 nitrogen and oxygen atoms in total. The molecule has 2 aromatic carbocycles. The number of ether oxygens (including phenoxy) is 2. The van der Waals surface area contributed by atoms with Crippen LogP contribution in [0, 0.1) is 0 Å². The minimum atomic E-state index is -3.14. The fourth-order valence-corrected chi connectivity index (χ4v) is 5.14. The van der Waals surface area contributed by atoms with Gasteiger partial charge in [-0.25, -0.2) is 8.42 Å². The van der Waals surface area contributed by atoms with Crippen LogP contribution in [0.1, 0.15) is 12.0 Å². The summed E-state index contributed by atoms with van der Waals surface area (Å²) in [6, 6.07) is 13.9. The van der Waals surface area contributed by atoms with E-state index in [1.54, 1.807) is 35.2 Å². The van der Waals surface area contributed by atoms with Gasteiger partial charge in [0.1, 0.15) is 0 Å². The zero-order valence-electron chi connectivity index (χ0n) is 15.5. The number of carbonyl (C=O) groups is 1. The van der Waals surface area contributed by atoms with E-state index < -0.39 is 15.9 Å². The van der Waals surface area contributed by atoms with Crippen molar-refractivity contribution in [3.63, 3.8) is 0 Å². The molecule has 1 unspecified atom stereocenters. The lowest BCUT2D eigenvalue weighted by atomic mass is 10.1. The summed E-state index contributed by atoms with van der Waals surface area (Å²) in [5.41, 5.74) is 0.763. The van der Waals surface area contributed by atoms with Crippen molar-refractivity contribution in [2.45, 2.75) is 19.0 Å². The molecule has 1 fully saturated rings. The van der Waals surface area contributed by atoms with Crippen molar-refractivity contribution in [2.24, 2.45) is 0 Å². The Morgan fingerprint density at radius 3 is 2.46 bits per heavy atom. The average Bonchev–Trinajstić information content (AvgIpc) is 3.05. The third-order valence-corrected chi connectivity index (χ3v) is 6.81. The molecule has 0 aromatic heterocycles. The van der Waals surface area contributed by atoms with Crippen LogP contribution in [0.15, 0.2) is 48.5 Å². The van der Waals surface area contributed by atoms with Crippen LogP contribution in [0.3, 0.4) is 0 Å². The van der Waals surface area contributed by atoms with Gasteiger partial charge < -0.3 is 14.4 Å². The summed E-state index contributed by atoms with van der Waals surface area (Å²) in [5, 5.41) is 0.534. The van der Waals surface area contributed by atoms with E-state index in [-0.39, 0.29) is 30.6 Å². The van der Waals surface area contributed by atoms with E-state index in [9.17, 15) is 13.2 Å². The van der Waals surface area contributed by atoms with Crippen LogP contribution in [-0.2, 0) is 21.2 Å². The monoisotopic (exact) mass is 423 g/mol. The smallest absolute Gasteiger partial charge is 0.261 e. The van der Waals surface area contributed by atoms with Crippen LogP contribution >= 0.6 is 11.6 Å². The third-order valence-electron chi connectivity index (χ3n) is 4.69.